The summed E-state index contributed by atoms with van der Waals surface area (Å²) in [5.74, 6) is -3.21. The van der Waals surface area contributed by atoms with Crippen molar-refractivity contribution >= 4 is 23.9 Å². The predicted octanol–water partition coefficient (Wildman–Crippen LogP) is 15.9. The Balaban J connectivity index is 2.72. The molecule has 0 aromatic carbocycles. The maximum absolute atomic E-state index is 13.1. The molecule has 0 bridgehead atoms. The highest BCUT2D eigenvalue weighted by atomic mass is 16.7. The van der Waals surface area contributed by atoms with E-state index in [-0.39, 0.29) is 25.9 Å². The number of allylic oxidation sites excluding steroid dienone is 14. The molecule has 0 amide bonds. The van der Waals surface area contributed by atoms with Gasteiger partial charge in [-0.05, 0) is 109 Å². The van der Waals surface area contributed by atoms with Crippen molar-refractivity contribution in [2.75, 3.05) is 13.2 Å². The van der Waals surface area contributed by atoms with E-state index in [0.29, 0.717) is 25.7 Å². The molecule has 12 heteroatoms. The third kappa shape index (κ3) is 42.5. The number of carbonyl (C=O) groups excluding carboxylic acids is 3. The summed E-state index contributed by atoms with van der Waals surface area (Å²) < 4.78 is 28.4. The van der Waals surface area contributed by atoms with E-state index in [1.807, 2.05) is 12.2 Å². The van der Waals surface area contributed by atoms with Gasteiger partial charge in [-0.15, -0.1) is 0 Å². The molecule has 0 aliphatic carbocycles. The number of hydrogen-bond acceptors (Lipinski definition) is 11. The molecule has 1 aliphatic heterocycles. The highest BCUT2D eigenvalue weighted by Crippen LogP contribution is 2.26. The maximum Gasteiger partial charge on any atom is 0.335 e. The molecular formula is C65H108O12. The normalized spacial score (nSPS) is 18.6. The monoisotopic (exact) mass is 1080 g/mol. The van der Waals surface area contributed by atoms with Gasteiger partial charge in [0.2, 0.25) is 0 Å². The number of aliphatic hydroxyl groups excluding tert-OH is 2. The molecule has 0 aromatic rings. The molecule has 0 spiro atoms. The van der Waals surface area contributed by atoms with Gasteiger partial charge in [0.05, 0.1) is 6.61 Å². The highest BCUT2D eigenvalue weighted by molar-refractivity contribution is 5.74. The molecule has 12 nitrogen and oxygen atoms in total. The van der Waals surface area contributed by atoms with Crippen LogP contribution < -0.4 is 0 Å². The first-order valence-corrected chi connectivity index (χ1v) is 30.6. The number of aliphatic carboxylic acids is 1. The molecule has 77 heavy (non-hydrogen) atoms. The molecular weight excluding hydrogens is 973 g/mol. The molecule has 3 N–H and O–H groups in total. The summed E-state index contributed by atoms with van der Waals surface area (Å²) in [6.45, 7) is 5.83. The van der Waals surface area contributed by atoms with E-state index in [9.17, 15) is 34.5 Å². The number of unbranched alkanes of at least 4 members (excludes halogenated alkanes) is 23. The zero-order chi connectivity index (χ0) is 56.1. The molecule has 0 radical (unpaired) electrons. The predicted molar refractivity (Wildman–Crippen MR) is 312 cm³/mol. The molecule has 1 rings (SSSR count). The van der Waals surface area contributed by atoms with E-state index in [1.54, 1.807) is 0 Å². The summed E-state index contributed by atoms with van der Waals surface area (Å²) in [5, 5.41) is 31.5. The summed E-state index contributed by atoms with van der Waals surface area (Å²) in [4.78, 5) is 51.1. The van der Waals surface area contributed by atoms with Crippen LogP contribution in [-0.4, -0.2) is 89.2 Å². The lowest BCUT2D eigenvalue weighted by atomic mass is 9.98. The number of carbonyl (C=O) groups is 4. The topological polar surface area (TPSA) is 175 Å². The van der Waals surface area contributed by atoms with Crippen LogP contribution in [0.1, 0.15) is 252 Å². The number of hydrogen-bond donors (Lipinski definition) is 3. The first kappa shape index (κ1) is 70.9. The van der Waals surface area contributed by atoms with Crippen molar-refractivity contribution in [3.8, 4) is 0 Å². The summed E-state index contributed by atoms with van der Waals surface area (Å²) in [6.07, 6.45) is 55.5. The van der Waals surface area contributed by atoms with Crippen LogP contribution in [0.15, 0.2) is 85.1 Å². The van der Waals surface area contributed by atoms with Gasteiger partial charge >= 0.3 is 23.9 Å². The van der Waals surface area contributed by atoms with Gasteiger partial charge in [-0.2, -0.15) is 0 Å². The lowest BCUT2D eigenvalue weighted by Gasteiger charge is -2.40. The average molecular weight is 1080 g/mol. The minimum atomic E-state index is -1.93. The minimum Gasteiger partial charge on any atom is -0.479 e. The van der Waals surface area contributed by atoms with Crippen LogP contribution in [0, 0.1) is 0 Å². The van der Waals surface area contributed by atoms with Gasteiger partial charge in [0.1, 0.15) is 18.8 Å². The number of carboxylic acids is 1. The molecule has 1 fully saturated rings. The Morgan fingerprint density at radius 3 is 1.31 bits per heavy atom. The van der Waals surface area contributed by atoms with Gasteiger partial charge in [0, 0.05) is 19.3 Å². The summed E-state index contributed by atoms with van der Waals surface area (Å²) >= 11 is 0. The molecule has 440 valence electrons. The largest absolute Gasteiger partial charge is 0.479 e. The fourth-order valence-corrected chi connectivity index (χ4v) is 8.75. The van der Waals surface area contributed by atoms with E-state index in [4.69, 9.17) is 23.7 Å². The fraction of sp³-hybridized carbons (Fsp3) is 0.723. The van der Waals surface area contributed by atoms with Gasteiger partial charge in [-0.3, -0.25) is 14.4 Å². The van der Waals surface area contributed by atoms with Crippen molar-refractivity contribution in [3.63, 3.8) is 0 Å². The second kappa shape index (κ2) is 52.6. The van der Waals surface area contributed by atoms with E-state index in [1.165, 1.54) is 89.9 Å². The fourth-order valence-electron chi connectivity index (χ4n) is 8.75. The Kier molecular flexibility index (Phi) is 48.4. The van der Waals surface area contributed by atoms with E-state index >= 15 is 0 Å². The quantitative estimate of drug-likeness (QED) is 0.0228. The molecule has 6 unspecified atom stereocenters. The third-order valence-electron chi connectivity index (χ3n) is 13.4. The third-order valence-corrected chi connectivity index (χ3v) is 13.4. The van der Waals surface area contributed by atoms with Crippen LogP contribution in [-0.2, 0) is 42.9 Å². The summed E-state index contributed by atoms with van der Waals surface area (Å²) in [7, 11) is 0. The number of esters is 3. The Labute approximate surface area is 467 Å². The summed E-state index contributed by atoms with van der Waals surface area (Å²) in [6, 6.07) is 0. The molecule has 1 saturated heterocycles. The second-order valence-corrected chi connectivity index (χ2v) is 20.6. The second-order valence-electron chi connectivity index (χ2n) is 20.6. The number of aliphatic hydroxyl groups is 2. The zero-order valence-electron chi connectivity index (χ0n) is 48.4. The van der Waals surface area contributed by atoms with E-state index in [2.05, 4.69) is 93.7 Å². The van der Waals surface area contributed by atoms with Crippen LogP contribution in [0.25, 0.3) is 0 Å². The van der Waals surface area contributed by atoms with Crippen molar-refractivity contribution in [1.29, 1.82) is 0 Å². The van der Waals surface area contributed by atoms with Gasteiger partial charge < -0.3 is 39.0 Å². The lowest BCUT2D eigenvalue weighted by molar-refractivity contribution is -0.301. The van der Waals surface area contributed by atoms with Crippen molar-refractivity contribution in [3.05, 3.63) is 85.1 Å². The Morgan fingerprint density at radius 1 is 0.442 bits per heavy atom. The lowest BCUT2D eigenvalue weighted by Crippen LogP contribution is -2.61. The first-order valence-electron chi connectivity index (χ1n) is 30.6. The van der Waals surface area contributed by atoms with Crippen LogP contribution in [0.2, 0.25) is 0 Å². The van der Waals surface area contributed by atoms with E-state index in [0.717, 1.165) is 96.3 Å². The van der Waals surface area contributed by atoms with Gasteiger partial charge in [-0.25, -0.2) is 4.79 Å². The number of carboxylic acid groups (broad SMARTS) is 1. The van der Waals surface area contributed by atoms with Crippen LogP contribution in [0.4, 0.5) is 0 Å². The average Bonchev–Trinajstić information content (AvgIpc) is 3.42. The Hall–Kier alpha value is -4.10. The molecule has 1 heterocycles. The van der Waals surface area contributed by atoms with Crippen LogP contribution in [0.5, 0.6) is 0 Å². The van der Waals surface area contributed by atoms with Crippen molar-refractivity contribution in [2.24, 2.45) is 0 Å². The number of ether oxygens (including phenoxy) is 5. The highest BCUT2D eigenvalue weighted by Gasteiger charge is 2.50. The first-order chi connectivity index (χ1) is 37.6. The smallest absolute Gasteiger partial charge is 0.335 e. The standard InChI is InChI=1S/C65H108O12/c1-4-7-10-13-16-19-22-25-27-29-31-34-36-39-42-45-48-51-57(66)73-54-56(75-58(67)52-49-46-43-40-37-33-24-21-18-15-12-9-6-3)55-74-65-63(61(70)60(69)62(77-65)64(71)72)76-59(68)53-50-47-44-41-38-35-32-30-28-26-23-20-17-14-11-8-5-2/h8,11,17,20-21,24-28,32,35,41,44,56,60-63,65,69-70H,4-7,9-10,12-16,18-19,22-23,29-31,33-34,36-40,42-43,45-55H2,1-3H3,(H,71,72)/b11-8-,20-17-,24-21-,27-25-,28-26-,35-32-,44-41-. The summed E-state index contributed by atoms with van der Waals surface area (Å²) in [5.41, 5.74) is 0. The van der Waals surface area contributed by atoms with Crippen LogP contribution >= 0.6 is 0 Å². The van der Waals surface area contributed by atoms with Gasteiger partial charge in [0.25, 0.3) is 0 Å². The SMILES string of the molecule is CC/C=C\C/C=C\C/C=C\C/C=C\C/C=C\CCCC(=O)OC1C(OCC(COC(=O)CCCCCCCCC/C=C\CCCCCCCC)OC(=O)CCCCCCC/C=C\CCCCCC)OC(C(=O)O)C(O)C1O. The van der Waals surface area contributed by atoms with E-state index < -0.39 is 67.3 Å². The zero-order valence-corrected chi connectivity index (χ0v) is 48.4. The van der Waals surface area contributed by atoms with Crippen molar-refractivity contribution in [2.45, 2.75) is 289 Å². The molecule has 0 saturated carbocycles. The van der Waals surface area contributed by atoms with Crippen molar-refractivity contribution in [1.82, 2.24) is 0 Å². The van der Waals surface area contributed by atoms with Crippen molar-refractivity contribution < 1.29 is 58.2 Å². The van der Waals surface area contributed by atoms with Gasteiger partial charge in [-0.1, -0.05) is 209 Å². The Bertz CT molecular complexity index is 1660. The molecule has 6 atom stereocenters. The number of rotatable bonds is 51. The molecule has 1 aliphatic rings. The minimum absolute atomic E-state index is 0.0214. The van der Waals surface area contributed by atoms with Gasteiger partial charge in [0.15, 0.2) is 24.6 Å². The maximum atomic E-state index is 13.1. The van der Waals surface area contributed by atoms with Crippen LogP contribution in [0.3, 0.4) is 0 Å². The Morgan fingerprint density at radius 2 is 0.831 bits per heavy atom. The molecule has 0 aromatic heterocycles.